The first-order valence-electron chi connectivity index (χ1n) is 13.7. The molecule has 0 bridgehead atoms. The molecule has 35 heavy (non-hydrogen) atoms. The molecular formula is C28H42F3N3O. The van der Waals surface area contributed by atoms with Gasteiger partial charge < -0.3 is 9.80 Å². The molecule has 0 aliphatic carbocycles. The second-order valence-electron chi connectivity index (χ2n) is 11.2. The van der Waals surface area contributed by atoms with Gasteiger partial charge in [-0.05, 0) is 69.2 Å². The van der Waals surface area contributed by atoms with Crippen LogP contribution in [0, 0.1) is 11.8 Å². The number of benzene rings is 1. The third-order valence-corrected chi connectivity index (χ3v) is 8.59. The first kappa shape index (κ1) is 26.3. The van der Waals surface area contributed by atoms with Gasteiger partial charge in [0.25, 0.3) is 0 Å². The Morgan fingerprint density at radius 2 is 1.80 bits per heavy atom. The van der Waals surface area contributed by atoms with Crippen molar-refractivity contribution in [2.45, 2.75) is 83.9 Å². The largest absolute Gasteiger partial charge is 0.416 e. The van der Waals surface area contributed by atoms with Crippen molar-refractivity contribution in [3.8, 4) is 0 Å². The van der Waals surface area contributed by atoms with Crippen molar-refractivity contribution in [2.24, 2.45) is 11.8 Å². The van der Waals surface area contributed by atoms with E-state index in [1.807, 2.05) is 4.90 Å². The summed E-state index contributed by atoms with van der Waals surface area (Å²) < 4.78 is 40.6. The molecular weight excluding hydrogens is 451 g/mol. The number of rotatable bonds is 7. The van der Waals surface area contributed by atoms with Gasteiger partial charge >= 0.3 is 6.18 Å². The van der Waals surface area contributed by atoms with Crippen LogP contribution in [0.1, 0.15) is 82.8 Å². The number of alkyl halides is 3. The molecule has 0 radical (unpaired) electrons. The molecule has 0 saturated carbocycles. The lowest BCUT2D eigenvalue weighted by Gasteiger charge is -2.35. The fourth-order valence-corrected chi connectivity index (χ4v) is 6.13. The zero-order chi connectivity index (χ0) is 25.2. The van der Waals surface area contributed by atoms with Crippen LogP contribution < -0.4 is 4.90 Å². The maximum atomic E-state index is 13.5. The number of unbranched alkanes of at least 4 members (excludes halogenated alkanes) is 1. The third-order valence-electron chi connectivity index (χ3n) is 8.59. The molecule has 3 atom stereocenters. The molecule has 3 unspecified atom stereocenters. The zero-order valence-electron chi connectivity index (χ0n) is 21.6. The van der Waals surface area contributed by atoms with Crippen molar-refractivity contribution < 1.29 is 18.0 Å². The number of carbonyl (C=O) groups excluding carboxylic acids is 1. The second-order valence-corrected chi connectivity index (χ2v) is 11.2. The highest BCUT2D eigenvalue weighted by Gasteiger charge is 2.38. The Balaban J connectivity index is 1.44. The zero-order valence-corrected chi connectivity index (χ0v) is 21.6. The van der Waals surface area contributed by atoms with Crippen molar-refractivity contribution in [2.75, 3.05) is 44.2 Å². The number of hydrogen-bond acceptors (Lipinski definition) is 3. The van der Waals surface area contributed by atoms with Crippen molar-refractivity contribution >= 4 is 11.6 Å². The summed E-state index contributed by atoms with van der Waals surface area (Å²) in [4.78, 5) is 19.9. The minimum atomic E-state index is -4.35. The Bertz CT molecular complexity index is 865. The first-order valence-corrected chi connectivity index (χ1v) is 13.7. The monoisotopic (exact) mass is 493 g/mol. The average Bonchev–Trinajstić information content (AvgIpc) is 3.52. The first-order chi connectivity index (χ1) is 16.7. The topological polar surface area (TPSA) is 26.8 Å². The minimum absolute atomic E-state index is 0.0495. The summed E-state index contributed by atoms with van der Waals surface area (Å²) in [5.74, 6) is 0.985. The molecule has 3 heterocycles. The predicted octanol–water partition coefficient (Wildman–Crippen LogP) is 6.16. The van der Waals surface area contributed by atoms with Crippen molar-refractivity contribution in [3.05, 3.63) is 29.3 Å². The Morgan fingerprint density at radius 1 is 1.06 bits per heavy atom. The van der Waals surface area contributed by atoms with E-state index in [0.29, 0.717) is 25.0 Å². The van der Waals surface area contributed by atoms with Crippen molar-refractivity contribution in [3.63, 3.8) is 0 Å². The molecule has 1 amide bonds. The van der Waals surface area contributed by atoms with E-state index in [-0.39, 0.29) is 17.7 Å². The molecule has 0 N–H and O–H groups in total. The maximum absolute atomic E-state index is 13.5. The van der Waals surface area contributed by atoms with Gasteiger partial charge in [-0.2, -0.15) is 13.2 Å². The normalized spacial score (nSPS) is 25.4. The molecule has 3 saturated heterocycles. The fourth-order valence-electron chi connectivity index (χ4n) is 6.13. The van der Waals surface area contributed by atoms with E-state index in [4.69, 9.17) is 0 Å². The minimum Gasteiger partial charge on any atom is -0.371 e. The van der Waals surface area contributed by atoms with Crippen LogP contribution >= 0.6 is 0 Å². The van der Waals surface area contributed by atoms with Gasteiger partial charge in [0.15, 0.2) is 0 Å². The summed E-state index contributed by atoms with van der Waals surface area (Å²) in [5, 5.41) is 0. The van der Waals surface area contributed by atoms with Crippen molar-refractivity contribution in [1.29, 1.82) is 0 Å². The Hall–Kier alpha value is -1.76. The molecule has 0 aromatic heterocycles. The second kappa shape index (κ2) is 11.1. The van der Waals surface area contributed by atoms with E-state index < -0.39 is 11.7 Å². The number of piperidine rings is 1. The SMILES string of the molecule is CCCCC(C)N1CCC(C(=O)N2CCC(c3ccc(C(F)(F)F)cc3N3CCC(C)CC3)C2)C1. The molecule has 1 aromatic carbocycles. The Labute approximate surface area is 208 Å². The Kier molecular flexibility index (Phi) is 8.34. The third kappa shape index (κ3) is 6.15. The van der Waals surface area contributed by atoms with E-state index in [2.05, 4.69) is 30.6 Å². The molecule has 4 rings (SSSR count). The predicted molar refractivity (Wildman–Crippen MR) is 135 cm³/mol. The average molecular weight is 494 g/mol. The lowest BCUT2D eigenvalue weighted by atomic mass is 9.92. The molecule has 1 aromatic rings. The van der Waals surface area contributed by atoms with Gasteiger partial charge in [-0.15, -0.1) is 0 Å². The Morgan fingerprint density at radius 3 is 2.49 bits per heavy atom. The number of anilines is 1. The molecule has 3 aliphatic rings. The summed E-state index contributed by atoms with van der Waals surface area (Å²) in [6.45, 7) is 11.4. The quantitative estimate of drug-likeness (QED) is 0.455. The van der Waals surface area contributed by atoms with E-state index in [9.17, 15) is 18.0 Å². The van der Waals surface area contributed by atoms with Crippen LogP contribution in [-0.2, 0) is 11.0 Å². The van der Waals surface area contributed by atoms with E-state index in [1.165, 1.54) is 31.4 Å². The van der Waals surface area contributed by atoms with Gasteiger partial charge in [0.05, 0.1) is 11.5 Å². The van der Waals surface area contributed by atoms with Crippen LogP contribution in [0.2, 0.25) is 0 Å². The van der Waals surface area contributed by atoms with Crippen LogP contribution in [0.25, 0.3) is 0 Å². The maximum Gasteiger partial charge on any atom is 0.416 e. The fraction of sp³-hybridized carbons (Fsp3) is 0.750. The van der Waals surface area contributed by atoms with E-state index in [1.54, 1.807) is 6.07 Å². The van der Waals surface area contributed by atoms with Gasteiger partial charge in [0.1, 0.15) is 0 Å². The summed E-state index contributed by atoms with van der Waals surface area (Å²) in [6, 6.07) is 4.77. The van der Waals surface area contributed by atoms with Crippen LogP contribution in [-0.4, -0.2) is 61.0 Å². The van der Waals surface area contributed by atoms with Crippen LogP contribution in [0.4, 0.5) is 18.9 Å². The molecule has 3 fully saturated rings. The summed E-state index contributed by atoms with van der Waals surface area (Å²) >= 11 is 0. The van der Waals surface area contributed by atoms with Crippen molar-refractivity contribution in [1.82, 2.24) is 9.80 Å². The van der Waals surface area contributed by atoms with Gasteiger partial charge in [-0.3, -0.25) is 9.69 Å². The highest BCUT2D eigenvalue weighted by Crippen LogP contribution is 2.40. The number of amides is 1. The van der Waals surface area contributed by atoms with Gasteiger partial charge in [-0.25, -0.2) is 0 Å². The lowest BCUT2D eigenvalue weighted by Crippen LogP contribution is -2.37. The molecule has 196 valence electrons. The number of likely N-dealkylation sites (tertiary alicyclic amines) is 2. The summed E-state index contributed by atoms with van der Waals surface area (Å²) in [5.41, 5.74) is 1.12. The lowest BCUT2D eigenvalue weighted by molar-refractivity contribution is -0.137. The van der Waals surface area contributed by atoms with Crippen LogP contribution in [0.15, 0.2) is 18.2 Å². The standard InChI is InChI=1S/C28H42F3N3O/c1-4-5-6-21(3)33-15-12-23(19-33)27(35)34-16-11-22(18-34)25-8-7-24(28(29,30)31)17-26(25)32-13-9-20(2)10-14-32/h7-8,17,20-23H,4-6,9-16,18-19H2,1-3H3. The smallest absolute Gasteiger partial charge is 0.371 e. The molecule has 3 aliphatic heterocycles. The summed E-state index contributed by atoms with van der Waals surface area (Å²) in [7, 11) is 0. The van der Waals surface area contributed by atoms with Crippen LogP contribution in [0.3, 0.4) is 0 Å². The molecule has 0 spiro atoms. The van der Waals surface area contributed by atoms with Crippen LogP contribution in [0.5, 0.6) is 0 Å². The van der Waals surface area contributed by atoms with Gasteiger partial charge in [0.2, 0.25) is 5.91 Å². The number of carbonyl (C=O) groups is 1. The van der Waals surface area contributed by atoms with Gasteiger partial charge in [-0.1, -0.05) is 32.8 Å². The van der Waals surface area contributed by atoms with E-state index >= 15 is 0 Å². The molecule has 4 nitrogen and oxygen atoms in total. The molecule has 7 heteroatoms. The number of halogens is 3. The number of hydrogen-bond donors (Lipinski definition) is 0. The highest BCUT2D eigenvalue weighted by molar-refractivity contribution is 5.80. The van der Waals surface area contributed by atoms with Gasteiger partial charge in [0, 0.05) is 50.4 Å². The highest BCUT2D eigenvalue weighted by atomic mass is 19.4. The van der Waals surface area contributed by atoms with E-state index in [0.717, 1.165) is 63.1 Å². The number of nitrogens with zero attached hydrogens (tertiary/aromatic N) is 3. The summed E-state index contributed by atoms with van der Waals surface area (Å²) in [6.07, 6.45) is 2.96.